The highest BCUT2D eigenvalue weighted by Gasteiger charge is 2.51. The summed E-state index contributed by atoms with van der Waals surface area (Å²) in [6, 6.07) is 0.270. The van der Waals surface area contributed by atoms with Gasteiger partial charge in [-0.15, -0.1) is 0 Å². The molecule has 3 atom stereocenters. The molecule has 0 spiro atoms. The molecule has 0 saturated carbocycles. The molecule has 0 aromatic rings. The molecule has 0 amide bonds. The Morgan fingerprint density at radius 3 is 2.62 bits per heavy atom. The number of hydrogen-bond donors (Lipinski definition) is 1. The zero-order valence-corrected chi connectivity index (χ0v) is 11.4. The maximum atomic E-state index is 11.6. The van der Waals surface area contributed by atoms with E-state index in [2.05, 4.69) is 0 Å². The van der Waals surface area contributed by atoms with Crippen LogP contribution in [0.4, 0.5) is 0 Å². The predicted molar refractivity (Wildman–Crippen MR) is 59.9 cm³/mol. The lowest BCUT2D eigenvalue weighted by atomic mass is 10.3. The number of phosphoric ester groups is 1. The van der Waals surface area contributed by atoms with Crippen molar-refractivity contribution in [1.29, 1.82) is 0 Å². The number of hydrogen-bond acceptors (Lipinski definition) is 3. The molecule has 1 rings (SSSR count). The van der Waals surface area contributed by atoms with E-state index in [1.807, 2.05) is 25.5 Å². The third-order valence-electron chi connectivity index (χ3n) is 3.04. The largest absolute Gasteiger partial charge is 0.518 e. The van der Waals surface area contributed by atoms with Crippen LogP contribution in [0.1, 0.15) is 20.8 Å². The highest BCUT2D eigenvalue weighted by Crippen LogP contribution is 2.46. The molecule has 0 aliphatic carbocycles. The molecule has 1 aliphatic heterocycles. The summed E-state index contributed by atoms with van der Waals surface area (Å²) in [5.74, 6) is 0.890. The summed E-state index contributed by atoms with van der Waals surface area (Å²) in [6.07, 6.45) is 0. The maximum Gasteiger partial charge on any atom is 0.518 e. The van der Waals surface area contributed by atoms with Crippen molar-refractivity contribution in [3.05, 3.63) is 0 Å². The molecule has 0 radical (unpaired) electrons. The van der Waals surface area contributed by atoms with E-state index < -0.39 is 7.82 Å². The molecule has 0 bridgehead atoms. The Hall–Kier alpha value is -0.260. The van der Waals surface area contributed by atoms with Gasteiger partial charge in [-0.2, -0.15) is 4.58 Å². The number of nitrogens with zero attached hydrogens (tertiary/aromatic N) is 2. The normalized spacial score (nSPS) is 34.2. The molecule has 3 unspecified atom stereocenters. The third-order valence-corrected chi connectivity index (χ3v) is 4.20. The fourth-order valence-electron chi connectivity index (χ4n) is 1.92. The van der Waals surface area contributed by atoms with Gasteiger partial charge < -0.3 is 0 Å². The molecule has 0 saturated heterocycles. The fourth-order valence-corrected chi connectivity index (χ4v) is 2.93. The summed E-state index contributed by atoms with van der Waals surface area (Å²) in [4.78, 5) is 9.49. The summed E-state index contributed by atoms with van der Waals surface area (Å²) >= 11 is 0. The van der Waals surface area contributed by atoms with E-state index in [4.69, 9.17) is 9.15 Å². The van der Waals surface area contributed by atoms with Crippen LogP contribution < -0.4 is 0 Å². The molecule has 94 valence electrons. The SMILES string of the molecule is CCOP(=O)(O)O[N+]1(C)CC(C)[N+](C)=C1C. The first-order valence-electron chi connectivity index (χ1n) is 5.33. The molecule has 16 heavy (non-hydrogen) atoms. The van der Waals surface area contributed by atoms with Gasteiger partial charge in [-0.05, 0) is 6.92 Å². The molecule has 7 heteroatoms. The zero-order valence-electron chi connectivity index (χ0n) is 10.5. The highest BCUT2D eigenvalue weighted by atomic mass is 31.2. The molecule has 0 fully saturated rings. The Morgan fingerprint density at radius 1 is 1.69 bits per heavy atom. The average Bonchev–Trinajstić information content (AvgIpc) is 2.29. The van der Waals surface area contributed by atoms with E-state index in [1.54, 1.807) is 14.0 Å². The van der Waals surface area contributed by atoms with Crippen LogP contribution in [0.15, 0.2) is 0 Å². The zero-order chi connectivity index (χ0) is 12.6. The molecule has 1 heterocycles. The standard InChI is InChI=1S/C9H20N2O4P/c1-6-14-16(12,13)15-11(5)7-8(2)10(4)9(11)3/h8H,6-7H2,1-5H3/q+1/p+1. The smallest absolute Gasteiger partial charge is 0.299 e. The minimum atomic E-state index is -3.97. The first kappa shape index (κ1) is 13.8. The topological polar surface area (TPSA) is 58.8 Å². The number of likely N-dealkylation sites (N-methyl/N-ethyl adjacent to an activating group) is 2. The van der Waals surface area contributed by atoms with Crippen molar-refractivity contribution in [2.75, 3.05) is 27.2 Å². The van der Waals surface area contributed by atoms with Crippen molar-refractivity contribution < 1.29 is 27.8 Å². The molecule has 1 aliphatic rings. The lowest BCUT2D eigenvalue weighted by molar-refractivity contribution is -0.992. The van der Waals surface area contributed by atoms with Crippen molar-refractivity contribution in [2.45, 2.75) is 26.8 Å². The van der Waals surface area contributed by atoms with Gasteiger partial charge in [0, 0.05) is 6.92 Å². The lowest BCUT2D eigenvalue weighted by Crippen LogP contribution is -2.45. The van der Waals surface area contributed by atoms with Crippen molar-refractivity contribution in [3.8, 4) is 0 Å². The van der Waals surface area contributed by atoms with Gasteiger partial charge in [0.1, 0.15) is 14.1 Å². The summed E-state index contributed by atoms with van der Waals surface area (Å²) in [5.41, 5.74) is 0. The Bertz CT molecular complexity index is 357. The Kier molecular flexibility index (Phi) is 3.92. The van der Waals surface area contributed by atoms with Crippen LogP contribution in [0.5, 0.6) is 0 Å². The minimum Gasteiger partial charge on any atom is -0.299 e. The van der Waals surface area contributed by atoms with E-state index >= 15 is 0 Å². The maximum absolute atomic E-state index is 11.6. The predicted octanol–water partition coefficient (Wildman–Crippen LogP) is 0.964. The summed E-state index contributed by atoms with van der Waals surface area (Å²) in [6.45, 7) is 6.36. The van der Waals surface area contributed by atoms with E-state index in [1.165, 1.54) is 0 Å². The Balaban J connectivity index is 2.86. The quantitative estimate of drug-likeness (QED) is 0.460. The number of rotatable bonds is 4. The van der Waals surface area contributed by atoms with Crippen LogP contribution in [0.3, 0.4) is 0 Å². The summed E-state index contributed by atoms with van der Waals surface area (Å²) < 4.78 is 23.6. The summed E-state index contributed by atoms with van der Waals surface area (Å²) in [5, 5.41) is 0. The van der Waals surface area contributed by atoms with Crippen molar-refractivity contribution in [2.24, 2.45) is 0 Å². The first-order chi connectivity index (χ1) is 7.22. The van der Waals surface area contributed by atoms with Gasteiger partial charge in [-0.1, -0.05) is 9.27 Å². The molecular formula is C9H21N2O4P+2. The minimum absolute atomic E-state index is 0.00849. The molecular weight excluding hydrogens is 231 g/mol. The highest BCUT2D eigenvalue weighted by molar-refractivity contribution is 7.47. The van der Waals surface area contributed by atoms with Gasteiger partial charge in [-0.3, -0.25) is 9.42 Å². The number of phosphoric acid groups is 1. The van der Waals surface area contributed by atoms with Gasteiger partial charge in [0.15, 0.2) is 6.54 Å². The van der Waals surface area contributed by atoms with Crippen molar-refractivity contribution in [1.82, 2.24) is 0 Å². The second-order valence-corrected chi connectivity index (χ2v) is 5.62. The van der Waals surface area contributed by atoms with Crippen LogP contribution in [-0.2, 0) is 13.7 Å². The summed E-state index contributed by atoms with van der Waals surface area (Å²) in [7, 11) is -0.271. The molecule has 6 nitrogen and oxygen atoms in total. The van der Waals surface area contributed by atoms with Crippen LogP contribution in [0, 0.1) is 0 Å². The number of hydroxylamine groups is 3. The number of amidine groups is 1. The second-order valence-electron chi connectivity index (χ2n) is 4.26. The van der Waals surface area contributed by atoms with E-state index in [0.29, 0.717) is 6.54 Å². The molecule has 1 N–H and O–H groups in total. The first-order valence-corrected chi connectivity index (χ1v) is 6.82. The third kappa shape index (κ3) is 2.70. The van der Waals surface area contributed by atoms with Crippen LogP contribution >= 0.6 is 7.82 Å². The monoisotopic (exact) mass is 252 g/mol. The molecule has 0 aromatic heterocycles. The Morgan fingerprint density at radius 2 is 2.25 bits per heavy atom. The van der Waals surface area contributed by atoms with Gasteiger partial charge in [0.05, 0.1) is 13.5 Å². The van der Waals surface area contributed by atoms with E-state index in [9.17, 15) is 9.46 Å². The van der Waals surface area contributed by atoms with Gasteiger partial charge in [-0.25, -0.2) is 4.57 Å². The fraction of sp³-hybridized carbons (Fsp3) is 0.889. The van der Waals surface area contributed by atoms with Gasteiger partial charge in [0.2, 0.25) is 6.04 Å². The van der Waals surface area contributed by atoms with Crippen LogP contribution in [0.2, 0.25) is 0 Å². The van der Waals surface area contributed by atoms with E-state index in [-0.39, 0.29) is 17.3 Å². The average molecular weight is 252 g/mol. The number of quaternary nitrogens is 1. The van der Waals surface area contributed by atoms with Crippen molar-refractivity contribution in [3.63, 3.8) is 0 Å². The van der Waals surface area contributed by atoms with Gasteiger partial charge in [0.25, 0.3) is 0 Å². The van der Waals surface area contributed by atoms with Crippen LogP contribution in [-0.4, -0.2) is 53.2 Å². The Labute approximate surface area is 96.3 Å². The molecule has 0 aromatic carbocycles. The lowest BCUT2D eigenvalue weighted by Gasteiger charge is -2.23. The van der Waals surface area contributed by atoms with Gasteiger partial charge >= 0.3 is 13.7 Å². The van der Waals surface area contributed by atoms with Crippen molar-refractivity contribution >= 4 is 13.7 Å². The van der Waals surface area contributed by atoms with Crippen LogP contribution in [0.25, 0.3) is 0 Å². The second kappa shape index (κ2) is 4.55. The van der Waals surface area contributed by atoms with E-state index in [0.717, 1.165) is 5.84 Å².